The number of nitrogens with one attached hydrogen (secondary N) is 1. The number of ether oxygens (including phenoxy) is 1. The normalized spacial score (nSPS) is 18.2. The smallest absolute Gasteiger partial charge is 0.410 e. The number of halogens is 1. The quantitative estimate of drug-likeness (QED) is 0.785. The molecule has 0 bridgehead atoms. The summed E-state index contributed by atoms with van der Waals surface area (Å²) in [6.07, 6.45) is 2.61. The van der Waals surface area contributed by atoms with Gasteiger partial charge < -0.3 is 20.7 Å². The summed E-state index contributed by atoms with van der Waals surface area (Å²) in [4.78, 5) is 34.1. The maximum Gasteiger partial charge on any atom is 0.410 e. The first-order chi connectivity index (χ1) is 11.2. The summed E-state index contributed by atoms with van der Waals surface area (Å²) in [5.74, 6) is -0.340. The number of nitrogens with zero attached hydrogens (tertiary/aromatic N) is 3. The fourth-order valence-corrected chi connectivity index (χ4v) is 2.66. The van der Waals surface area contributed by atoms with Crippen molar-refractivity contribution < 1.29 is 14.3 Å². The number of nitrogen functional groups attached to an aromatic ring is 1. The van der Waals surface area contributed by atoms with Gasteiger partial charge in [-0.15, -0.1) is 0 Å². The summed E-state index contributed by atoms with van der Waals surface area (Å²) in [5.41, 5.74) is 5.22. The predicted octanol–water partition coefficient (Wildman–Crippen LogP) is 1.95. The Morgan fingerprint density at radius 3 is 2.83 bits per heavy atom. The van der Waals surface area contributed by atoms with Crippen LogP contribution in [0.15, 0.2) is 10.8 Å². The number of piperidine rings is 1. The molecule has 0 radical (unpaired) electrons. The second-order valence-electron chi connectivity index (χ2n) is 6.67. The van der Waals surface area contributed by atoms with E-state index < -0.39 is 11.5 Å². The zero-order valence-electron chi connectivity index (χ0n) is 14.0. The predicted molar refractivity (Wildman–Crippen MR) is 92.4 cm³/mol. The maximum atomic E-state index is 12.3. The highest BCUT2D eigenvalue weighted by Gasteiger charge is 2.29. The van der Waals surface area contributed by atoms with Crippen LogP contribution in [0.4, 0.5) is 10.6 Å². The van der Waals surface area contributed by atoms with E-state index in [1.165, 1.54) is 6.20 Å². The highest BCUT2D eigenvalue weighted by molar-refractivity contribution is 9.10. The largest absolute Gasteiger partial charge is 0.444 e. The molecule has 1 aliphatic heterocycles. The van der Waals surface area contributed by atoms with E-state index in [2.05, 4.69) is 31.2 Å². The molecule has 0 aliphatic carbocycles. The van der Waals surface area contributed by atoms with Crippen molar-refractivity contribution in [3.63, 3.8) is 0 Å². The number of hydrogen-bond acceptors (Lipinski definition) is 6. The summed E-state index contributed by atoms with van der Waals surface area (Å²) in [6.45, 7) is 6.47. The minimum Gasteiger partial charge on any atom is -0.444 e. The number of carbonyl (C=O) groups excluding carboxylic acids is 2. The number of hydrogen-bond donors (Lipinski definition) is 2. The molecule has 1 unspecified atom stereocenters. The topological polar surface area (TPSA) is 110 Å². The maximum absolute atomic E-state index is 12.3. The van der Waals surface area contributed by atoms with Gasteiger partial charge in [0.1, 0.15) is 10.2 Å². The molecule has 0 saturated carbocycles. The van der Waals surface area contributed by atoms with Crippen LogP contribution < -0.4 is 11.1 Å². The van der Waals surface area contributed by atoms with Crippen molar-refractivity contribution in [3.8, 4) is 0 Å². The van der Waals surface area contributed by atoms with Crippen molar-refractivity contribution >= 4 is 33.7 Å². The Hall–Kier alpha value is -1.90. The van der Waals surface area contributed by atoms with Crippen molar-refractivity contribution in [2.24, 2.45) is 0 Å². The lowest BCUT2D eigenvalue weighted by atomic mass is 10.1. The van der Waals surface area contributed by atoms with Crippen LogP contribution in [-0.4, -0.2) is 51.6 Å². The first-order valence-electron chi connectivity index (χ1n) is 7.72. The van der Waals surface area contributed by atoms with E-state index in [1.807, 2.05) is 20.8 Å². The molecular formula is C15H22BrN5O3. The highest BCUT2D eigenvalue weighted by Crippen LogP contribution is 2.16. The van der Waals surface area contributed by atoms with Gasteiger partial charge in [-0.1, -0.05) is 0 Å². The third-order valence-electron chi connectivity index (χ3n) is 3.39. The minimum absolute atomic E-state index is 0.0653. The van der Waals surface area contributed by atoms with Crippen molar-refractivity contribution in [2.45, 2.75) is 45.3 Å². The highest BCUT2D eigenvalue weighted by atomic mass is 79.9. The Balaban J connectivity index is 1.99. The summed E-state index contributed by atoms with van der Waals surface area (Å²) in [6, 6.07) is -0.182. The Morgan fingerprint density at radius 1 is 1.46 bits per heavy atom. The molecule has 1 aromatic heterocycles. The van der Waals surface area contributed by atoms with Gasteiger partial charge in [-0.3, -0.25) is 4.79 Å². The lowest BCUT2D eigenvalue weighted by molar-refractivity contribution is 0.0185. The molecule has 1 aromatic rings. The van der Waals surface area contributed by atoms with E-state index in [-0.39, 0.29) is 23.6 Å². The van der Waals surface area contributed by atoms with Crippen molar-refractivity contribution in [3.05, 3.63) is 16.5 Å². The molecule has 9 heteroatoms. The molecule has 132 valence electrons. The van der Waals surface area contributed by atoms with Crippen molar-refractivity contribution in [2.75, 3.05) is 18.8 Å². The van der Waals surface area contributed by atoms with Crippen LogP contribution in [0.25, 0.3) is 0 Å². The van der Waals surface area contributed by atoms with Gasteiger partial charge in [-0.2, -0.15) is 0 Å². The fourth-order valence-electron chi connectivity index (χ4n) is 2.39. The van der Waals surface area contributed by atoms with Gasteiger partial charge in [0, 0.05) is 19.1 Å². The van der Waals surface area contributed by atoms with Gasteiger partial charge in [-0.25, -0.2) is 14.8 Å². The van der Waals surface area contributed by atoms with Crippen LogP contribution in [0.3, 0.4) is 0 Å². The van der Waals surface area contributed by atoms with Crippen LogP contribution in [-0.2, 0) is 4.74 Å². The van der Waals surface area contributed by atoms with Crippen LogP contribution >= 0.6 is 15.9 Å². The summed E-state index contributed by atoms with van der Waals surface area (Å²) in [7, 11) is 0. The Labute approximate surface area is 149 Å². The molecule has 2 amide bonds. The van der Waals surface area contributed by atoms with Crippen LogP contribution in [0.1, 0.15) is 44.1 Å². The molecule has 8 nitrogen and oxygen atoms in total. The molecule has 1 saturated heterocycles. The average molecular weight is 400 g/mol. The molecule has 0 aromatic carbocycles. The third kappa shape index (κ3) is 5.05. The lowest BCUT2D eigenvalue weighted by Gasteiger charge is -2.34. The zero-order chi connectivity index (χ0) is 17.9. The summed E-state index contributed by atoms with van der Waals surface area (Å²) < 4.78 is 5.81. The molecule has 0 spiro atoms. The van der Waals surface area contributed by atoms with E-state index in [0.717, 1.165) is 12.8 Å². The van der Waals surface area contributed by atoms with Gasteiger partial charge in [-0.05, 0) is 49.5 Å². The molecule has 1 fully saturated rings. The Morgan fingerprint density at radius 2 is 2.17 bits per heavy atom. The summed E-state index contributed by atoms with van der Waals surface area (Å²) >= 11 is 3.17. The Kier molecular flexibility index (Phi) is 5.63. The Bertz CT molecular complexity index is 632. The van der Waals surface area contributed by atoms with Gasteiger partial charge in [0.2, 0.25) is 0 Å². The molecular weight excluding hydrogens is 378 g/mol. The SMILES string of the molecule is CC(C)(C)OC(=O)N1CCCC(NC(=O)c2nc(Br)cnc2N)C1. The number of rotatable bonds is 2. The van der Waals surface area contributed by atoms with E-state index in [1.54, 1.807) is 4.90 Å². The van der Waals surface area contributed by atoms with Crippen LogP contribution in [0.2, 0.25) is 0 Å². The van der Waals surface area contributed by atoms with Gasteiger partial charge in [0.15, 0.2) is 11.5 Å². The lowest BCUT2D eigenvalue weighted by Crippen LogP contribution is -2.50. The van der Waals surface area contributed by atoms with Crippen molar-refractivity contribution in [1.82, 2.24) is 20.2 Å². The van der Waals surface area contributed by atoms with E-state index in [0.29, 0.717) is 17.7 Å². The molecule has 1 aliphatic rings. The van der Waals surface area contributed by atoms with Crippen LogP contribution in [0, 0.1) is 0 Å². The fraction of sp³-hybridized carbons (Fsp3) is 0.600. The number of carbonyl (C=O) groups is 2. The van der Waals surface area contributed by atoms with Crippen LogP contribution in [0.5, 0.6) is 0 Å². The number of aromatic nitrogens is 2. The molecule has 2 rings (SSSR count). The molecule has 2 heterocycles. The van der Waals surface area contributed by atoms with E-state index >= 15 is 0 Å². The number of nitrogens with two attached hydrogens (primary N) is 1. The van der Waals surface area contributed by atoms with Gasteiger partial charge >= 0.3 is 6.09 Å². The third-order valence-corrected chi connectivity index (χ3v) is 3.78. The second-order valence-corrected chi connectivity index (χ2v) is 7.48. The molecule has 1 atom stereocenters. The molecule has 24 heavy (non-hydrogen) atoms. The first kappa shape index (κ1) is 18.4. The van der Waals surface area contributed by atoms with Gasteiger partial charge in [0.05, 0.1) is 6.20 Å². The van der Waals surface area contributed by atoms with E-state index in [9.17, 15) is 9.59 Å². The monoisotopic (exact) mass is 399 g/mol. The standard InChI is InChI=1S/C15H22BrN5O3/c1-15(2,3)24-14(23)21-6-4-5-9(8-21)19-13(22)11-12(17)18-7-10(16)20-11/h7,9H,4-6,8H2,1-3H3,(H2,17,18)(H,19,22). The summed E-state index contributed by atoms with van der Waals surface area (Å²) in [5, 5.41) is 2.86. The van der Waals surface area contributed by atoms with E-state index in [4.69, 9.17) is 10.5 Å². The molecule has 3 N–H and O–H groups in total. The average Bonchev–Trinajstić information content (AvgIpc) is 2.48. The second kappa shape index (κ2) is 7.33. The number of likely N-dealkylation sites (tertiary alicyclic amines) is 1. The first-order valence-corrected chi connectivity index (χ1v) is 8.52. The van der Waals surface area contributed by atoms with Crippen molar-refractivity contribution in [1.29, 1.82) is 0 Å². The number of anilines is 1. The minimum atomic E-state index is -0.548. The number of amides is 2. The van der Waals surface area contributed by atoms with Gasteiger partial charge in [0.25, 0.3) is 5.91 Å². The zero-order valence-corrected chi connectivity index (χ0v) is 15.6.